The average Bonchev–Trinajstić information content (AvgIpc) is 3.05. The van der Waals surface area contributed by atoms with Crippen LogP contribution < -0.4 is 10.6 Å². The van der Waals surface area contributed by atoms with Gasteiger partial charge in [-0.2, -0.15) is 0 Å². The minimum Gasteiger partial charge on any atom is -0.324 e. The summed E-state index contributed by atoms with van der Waals surface area (Å²) in [5.41, 5.74) is 0.453. The molecule has 0 radical (unpaired) electrons. The van der Waals surface area contributed by atoms with Crippen LogP contribution in [0.25, 0.3) is 0 Å². The van der Waals surface area contributed by atoms with Crippen molar-refractivity contribution < 1.29 is 9.18 Å². The molecular formula is C16H22ClFN4O. The summed E-state index contributed by atoms with van der Waals surface area (Å²) in [5, 5.41) is 6.36. The van der Waals surface area contributed by atoms with Crippen molar-refractivity contribution in [2.45, 2.75) is 12.5 Å². The van der Waals surface area contributed by atoms with Gasteiger partial charge in [0.1, 0.15) is 5.82 Å². The van der Waals surface area contributed by atoms with Crippen LogP contribution in [0.3, 0.4) is 0 Å². The SMILES string of the molecule is O=C(CN1CCN(C2CCNC2)CC1)Nc1ccc(F)cc1Cl. The van der Waals surface area contributed by atoms with Crippen molar-refractivity contribution in [2.24, 2.45) is 0 Å². The molecular weight excluding hydrogens is 319 g/mol. The second-order valence-corrected chi connectivity index (χ2v) is 6.54. The van der Waals surface area contributed by atoms with E-state index in [0.29, 0.717) is 18.3 Å². The second kappa shape index (κ2) is 7.57. The Morgan fingerprint density at radius 1 is 1.35 bits per heavy atom. The average molecular weight is 341 g/mol. The fourth-order valence-corrected chi connectivity index (χ4v) is 3.44. The predicted molar refractivity (Wildman–Crippen MR) is 89.3 cm³/mol. The summed E-state index contributed by atoms with van der Waals surface area (Å²) < 4.78 is 13.0. The third-order valence-electron chi connectivity index (χ3n) is 4.53. The van der Waals surface area contributed by atoms with E-state index < -0.39 is 5.82 Å². The van der Waals surface area contributed by atoms with Gasteiger partial charge in [-0.3, -0.25) is 14.6 Å². The van der Waals surface area contributed by atoms with Gasteiger partial charge in [-0.15, -0.1) is 0 Å². The van der Waals surface area contributed by atoms with Crippen LogP contribution in [0.1, 0.15) is 6.42 Å². The fraction of sp³-hybridized carbons (Fsp3) is 0.562. The van der Waals surface area contributed by atoms with Crippen LogP contribution in [0.4, 0.5) is 10.1 Å². The Morgan fingerprint density at radius 3 is 2.78 bits per heavy atom. The highest BCUT2D eigenvalue weighted by Gasteiger charge is 2.26. The molecule has 1 aromatic carbocycles. The second-order valence-electron chi connectivity index (χ2n) is 6.13. The number of benzene rings is 1. The van der Waals surface area contributed by atoms with E-state index in [4.69, 9.17) is 11.6 Å². The molecule has 5 nitrogen and oxygen atoms in total. The highest BCUT2D eigenvalue weighted by Crippen LogP contribution is 2.22. The standard InChI is InChI=1S/C16H22ClFN4O/c17-14-9-12(18)1-2-15(14)20-16(23)11-21-5-7-22(8-6-21)13-3-4-19-10-13/h1-2,9,13,19H,3-8,10-11H2,(H,20,23). The molecule has 2 aliphatic rings. The normalized spacial score (nSPS) is 23.1. The number of nitrogens with one attached hydrogen (secondary N) is 2. The van der Waals surface area contributed by atoms with Crippen molar-refractivity contribution in [3.8, 4) is 0 Å². The third kappa shape index (κ3) is 4.41. The molecule has 2 N–H and O–H groups in total. The molecule has 1 unspecified atom stereocenters. The first-order valence-corrected chi connectivity index (χ1v) is 8.41. The van der Waals surface area contributed by atoms with Crippen LogP contribution in [0.5, 0.6) is 0 Å². The Morgan fingerprint density at radius 2 is 2.13 bits per heavy atom. The van der Waals surface area contributed by atoms with E-state index in [1.807, 2.05) is 0 Å². The van der Waals surface area contributed by atoms with E-state index in [9.17, 15) is 9.18 Å². The lowest BCUT2D eigenvalue weighted by molar-refractivity contribution is -0.117. The van der Waals surface area contributed by atoms with Gasteiger partial charge in [0.25, 0.3) is 0 Å². The lowest BCUT2D eigenvalue weighted by atomic mass is 10.2. The summed E-state index contributed by atoms with van der Waals surface area (Å²) in [5.74, 6) is -0.528. The minimum absolute atomic E-state index is 0.116. The minimum atomic E-state index is -0.412. The van der Waals surface area contributed by atoms with E-state index in [1.165, 1.54) is 24.6 Å². The number of carbonyl (C=O) groups excluding carboxylic acids is 1. The molecule has 126 valence electrons. The molecule has 0 spiro atoms. The first kappa shape index (κ1) is 16.6. The molecule has 1 aromatic rings. The van der Waals surface area contributed by atoms with Gasteiger partial charge < -0.3 is 10.6 Å². The Labute approximate surface area is 140 Å². The Bertz CT molecular complexity index is 557. The Kier molecular flexibility index (Phi) is 5.48. The van der Waals surface area contributed by atoms with Gasteiger partial charge in [0.05, 0.1) is 17.3 Å². The van der Waals surface area contributed by atoms with Crippen molar-refractivity contribution in [3.63, 3.8) is 0 Å². The van der Waals surface area contributed by atoms with Gasteiger partial charge in [-0.25, -0.2) is 4.39 Å². The topological polar surface area (TPSA) is 47.6 Å². The maximum atomic E-state index is 13.0. The number of hydrogen-bond donors (Lipinski definition) is 2. The molecule has 2 saturated heterocycles. The zero-order chi connectivity index (χ0) is 16.2. The lowest BCUT2D eigenvalue weighted by Crippen LogP contribution is -2.52. The summed E-state index contributed by atoms with van der Waals surface area (Å²) in [6.45, 7) is 6.29. The molecule has 2 heterocycles. The highest BCUT2D eigenvalue weighted by atomic mass is 35.5. The third-order valence-corrected chi connectivity index (χ3v) is 4.84. The number of amides is 1. The van der Waals surface area contributed by atoms with E-state index in [2.05, 4.69) is 20.4 Å². The maximum absolute atomic E-state index is 13.0. The van der Waals surface area contributed by atoms with Crippen molar-refractivity contribution in [1.29, 1.82) is 0 Å². The molecule has 2 aliphatic heterocycles. The number of anilines is 1. The largest absolute Gasteiger partial charge is 0.324 e. The van der Waals surface area contributed by atoms with E-state index in [1.54, 1.807) is 0 Å². The van der Waals surface area contributed by atoms with Crippen LogP contribution in [-0.4, -0.2) is 67.6 Å². The number of halogens is 2. The van der Waals surface area contributed by atoms with Crippen LogP contribution >= 0.6 is 11.6 Å². The predicted octanol–water partition coefficient (Wildman–Crippen LogP) is 1.40. The fourth-order valence-electron chi connectivity index (χ4n) is 3.22. The first-order valence-electron chi connectivity index (χ1n) is 8.04. The van der Waals surface area contributed by atoms with E-state index in [-0.39, 0.29) is 10.9 Å². The van der Waals surface area contributed by atoms with Gasteiger partial charge in [0, 0.05) is 38.8 Å². The number of hydrogen-bond acceptors (Lipinski definition) is 4. The maximum Gasteiger partial charge on any atom is 0.238 e. The zero-order valence-electron chi connectivity index (χ0n) is 13.0. The monoisotopic (exact) mass is 340 g/mol. The van der Waals surface area contributed by atoms with Crippen molar-refractivity contribution in [2.75, 3.05) is 51.1 Å². The molecule has 7 heteroatoms. The molecule has 0 bridgehead atoms. The van der Waals surface area contributed by atoms with Crippen LogP contribution in [-0.2, 0) is 4.79 Å². The summed E-state index contributed by atoms with van der Waals surface area (Å²) in [6.07, 6.45) is 1.21. The summed E-state index contributed by atoms with van der Waals surface area (Å²) in [7, 11) is 0. The Balaban J connectivity index is 1.45. The Hall–Kier alpha value is -1.21. The highest BCUT2D eigenvalue weighted by molar-refractivity contribution is 6.33. The van der Waals surface area contributed by atoms with Gasteiger partial charge >= 0.3 is 0 Å². The summed E-state index contributed by atoms with van der Waals surface area (Å²) in [4.78, 5) is 16.8. The number of nitrogens with zero attached hydrogens (tertiary/aromatic N) is 2. The molecule has 23 heavy (non-hydrogen) atoms. The zero-order valence-corrected chi connectivity index (χ0v) is 13.8. The van der Waals surface area contributed by atoms with Gasteiger partial charge in [-0.05, 0) is 31.2 Å². The molecule has 1 amide bonds. The number of carbonyl (C=O) groups is 1. The van der Waals surface area contributed by atoms with Crippen molar-refractivity contribution in [3.05, 3.63) is 29.0 Å². The van der Waals surface area contributed by atoms with Crippen molar-refractivity contribution in [1.82, 2.24) is 15.1 Å². The van der Waals surface area contributed by atoms with E-state index in [0.717, 1.165) is 39.3 Å². The van der Waals surface area contributed by atoms with Crippen LogP contribution in [0.15, 0.2) is 18.2 Å². The molecule has 0 saturated carbocycles. The molecule has 1 atom stereocenters. The molecule has 0 aliphatic carbocycles. The molecule has 3 rings (SSSR count). The number of piperazine rings is 1. The smallest absolute Gasteiger partial charge is 0.238 e. The number of rotatable bonds is 4. The summed E-state index contributed by atoms with van der Waals surface area (Å²) in [6, 6.07) is 4.62. The van der Waals surface area contributed by atoms with E-state index >= 15 is 0 Å². The van der Waals surface area contributed by atoms with Gasteiger partial charge in [0.2, 0.25) is 5.91 Å². The summed E-state index contributed by atoms with van der Waals surface area (Å²) >= 11 is 5.93. The van der Waals surface area contributed by atoms with Crippen LogP contribution in [0.2, 0.25) is 5.02 Å². The quantitative estimate of drug-likeness (QED) is 0.870. The van der Waals surface area contributed by atoms with Gasteiger partial charge in [0.15, 0.2) is 0 Å². The first-order chi connectivity index (χ1) is 11.1. The molecule has 2 fully saturated rings. The van der Waals surface area contributed by atoms with Crippen LogP contribution in [0, 0.1) is 5.82 Å². The van der Waals surface area contributed by atoms with Gasteiger partial charge in [-0.1, -0.05) is 11.6 Å². The van der Waals surface area contributed by atoms with Crippen molar-refractivity contribution >= 4 is 23.2 Å². The lowest BCUT2D eigenvalue weighted by Gasteiger charge is -2.37. The molecule has 0 aromatic heterocycles.